The topological polar surface area (TPSA) is 29.9 Å². The van der Waals surface area contributed by atoms with Crippen LogP contribution in [0.25, 0.3) is 0 Å². The van der Waals surface area contributed by atoms with Gasteiger partial charge in [-0.15, -0.1) is 0 Å². The average molecular weight is 277 g/mol. The van der Waals surface area contributed by atoms with Gasteiger partial charge in [-0.25, -0.2) is 0 Å². The Morgan fingerprint density at radius 3 is 2.75 bits per heavy atom. The fourth-order valence-electron chi connectivity index (χ4n) is 4.02. The van der Waals surface area contributed by atoms with Gasteiger partial charge >= 0.3 is 0 Å². The monoisotopic (exact) mass is 277 g/mol. The van der Waals surface area contributed by atoms with E-state index in [4.69, 9.17) is 0 Å². The largest absolute Gasteiger partial charge is 0.314 e. The number of nitrogens with zero attached hydrogens (tertiary/aromatic N) is 2. The fraction of sp³-hybridized carbons (Fsp3) is 0.824. The molecule has 3 nitrogen and oxygen atoms in total. The second-order valence-electron chi connectivity index (χ2n) is 7.38. The molecule has 3 heteroatoms. The maximum atomic E-state index is 4.31. The van der Waals surface area contributed by atoms with Gasteiger partial charge in [-0.2, -0.15) is 5.10 Å². The smallest absolute Gasteiger partial charge is 0.0521 e. The molecule has 1 saturated carbocycles. The van der Waals surface area contributed by atoms with Crippen molar-refractivity contribution in [2.45, 2.75) is 59.4 Å². The van der Waals surface area contributed by atoms with Crippen LogP contribution in [0.4, 0.5) is 0 Å². The molecular formula is C17H31N3. The Balaban J connectivity index is 2.09. The van der Waals surface area contributed by atoms with Crippen molar-refractivity contribution in [1.82, 2.24) is 15.1 Å². The van der Waals surface area contributed by atoms with Crippen LogP contribution in [0.2, 0.25) is 0 Å². The van der Waals surface area contributed by atoms with E-state index < -0.39 is 0 Å². The molecule has 0 bridgehead atoms. The molecule has 1 fully saturated rings. The lowest BCUT2D eigenvalue weighted by atomic mass is 9.64. The highest BCUT2D eigenvalue weighted by atomic mass is 15.2. The summed E-state index contributed by atoms with van der Waals surface area (Å²) in [6.45, 7) is 10.6. The molecule has 2 rings (SSSR count). The molecule has 0 saturated heterocycles. The Morgan fingerprint density at radius 2 is 2.15 bits per heavy atom. The number of hydrogen-bond donors (Lipinski definition) is 1. The van der Waals surface area contributed by atoms with Crippen LogP contribution in [0.5, 0.6) is 0 Å². The predicted octanol–water partition coefficient (Wildman–Crippen LogP) is 3.40. The maximum absolute atomic E-state index is 4.31. The Hall–Kier alpha value is -0.830. The Morgan fingerprint density at radius 1 is 1.40 bits per heavy atom. The van der Waals surface area contributed by atoms with Crippen molar-refractivity contribution in [1.29, 1.82) is 0 Å². The van der Waals surface area contributed by atoms with E-state index in [1.54, 1.807) is 0 Å². The summed E-state index contributed by atoms with van der Waals surface area (Å²) in [6.07, 6.45) is 9.37. The quantitative estimate of drug-likeness (QED) is 0.894. The summed E-state index contributed by atoms with van der Waals surface area (Å²) in [6, 6.07) is 0.676. The van der Waals surface area contributed by atoms with E-state index in [0.29, 0.717) is 11.5 Å². The van der Waals surface area contributed by atoms with Crippen molar-refractivity contribution in [2.75, 3.05) is 6.54 Å². The molecule has 1 heterocycles. The maximum Gasteiger partial charge on any atom is 0.0521 e. The second-order valence-corrected chi connectivity index (χ2v) is 7.38. The van der Waals surface area contributed by atoms with Gasteiger partial charge in [-0.05, 0) is 48.6 Å². The predicted molar refractivity (Wildman–Crippen MR) is 84.7 cm³/mol. The molecule has 0 amide bonds. The molecule has 1 aliphatic carbocycles. The number of rotatable bonds is 5. The van der Waals surface area contributed by atoms with E-state index in [1.807, 2.05) is 17.9 Å². The summed E-state index contributed by atoms with van der Waals surface area (Å²) in [5.41, 5.74) is 1.70. The van der Waals surface area contributed by atoms with E-state index in [1.165, 1.54) is 24.8 Å². The van der Waals surface area contributed by atoms with E-state index in [9.17, 15) is 0 Å². The Kier molecular flexibility index (Phi) is 4.90. The van der Waals surface area contributed by atoms with Crippen molar-refractivity contribution in [3.05, 3.63) is 18.0 Å². The lowest BCUT2D eigenvalue weighted by molar-refractivity contribution is 0.0949. The van der Waals surface area contributed by atoms with Crippen molar-refractivity contribution in [3.63, 3.8) is 0 Å². The van der Waals surface area contributed by atoms with Crippen LogP contribution in [-0.4, -0.2) is 22.4 Å². The lowest BCUT2D eigenvalue weighted by Gasteiger charge is -2.44. The molecule has 114 valence electrons. The standard InChI is InChI=1S/C17H31N3/c1-6-18-16-9-13(2)7-8-15(16)17(3,4)10-14-11-19-20(5)12-14/h11-13,15-16,18H,6-10H2,1-5H3. The zero-order valence-electron chi connectivity index (χ0n) is 13.8. The van der Waals surface area contributed by atoms with Crippen LogP contribution in [0.15, 0.2) is 12.4 Å². The molecule has 1 aromatic rings. The zero-order chi connectivity index (χ0) is 14.8. The third-order valence-electron chi connectivity index (χ3n) is 5.00. The normalized spacial score (nSPS) is 27.8. The molecule has 0 aromatic carbocycles. The molecular weight excluding hydrogens is 246 g/mol. The minimum Gasteiger partial charge on any atom is -0.314 e. The first-order valence-electron chi connectivity index (χ1n) is 8.13. The molecule has 0 aliphatic heterocycles. The summed E-state index contributed by atoms with van der Waals surface area (Å²) in [7, 11) is 2.00. The van der Waals surface area contributed by atoms with Gasteiger partial charge in [0, 0.05) is 19.3 Å². The first kappa shape index (κ1) is 15.6. The first-order valence-corrected chi connectivity index (χ1v) is 8.13. The number of aromatic nitrogens is 2. The zero-order valence-corrected chi connectivity index (χ0v) is 13.8. The van der Waals surface area contributed by atoms with E-state index in [2.05, 4.69) is 44.3 Å². The summed E-state index contributed by atoms with van der Waals surface area (Å²) in [5.74, 6) is 1.63. The molecule has 3 atom stereocenters. The highest BCUT2D eigenvalue weighted by molar-refractivity contribution is 5.08. The Labute approximate surface area is 124 Å². The minimum absolute atomic E-state index is 0.329. The molecule has 0 spiro atoms. The van der Waals surface area contributed by atoms with Crippen LogP contribution in [-0.2, 0) is 13.5 Å². The molecule has 1 N–H and O–H groups in total. The SMILES string of the molecule is CCNC1CC(C)CCC1C(C)(C)Cc1cnn(C)c1. The summed E-state index contributed by atoms with van der Waals surface area (Å²) in [4.78, 5) is 0. The van der Waals surface area contributed by atoms with Crippen LogP contribution < -0.4 is 5.32 Å². The van der Waals surface area contributed by atoms with Crippen molar-refractivity contribution in [3.8, 4) is 0 Å². The van der Waals surface area contributed by atoms with Gasteiger partial charge in [0.05, 0.1) is 6.20 Å². The Bertz CT molecular complexity index is 422. The number of aryl methyl sites for hydroxylation is 1. The number of nitrogens with one attached hydrogen (secondary N) is 1. The summed E-state index contributed by atoms with van der Waals surface area (Å²) in [5, 5.41) is 8.06. The third-order valence-corrected chi connectivity index (χ3v) is 5.00. The van der Waals surface area contributed by atoms with E-state index in [-0.39, 0.29) is 0 Å². The third kappa shape index (κ3) is 3.63. The molecule has 3 unspecified atom stereocenters. The van der Waals surface area contributed by atoms with Crippen LogP contribution in [0, 0.1) is 17.3 Å². The first-order chi connectivity index (χ1) is 9.42. The highest BCUT2D eigenvalue weighted by Gasteiger charge is 2.38. The van der Waals surface area contributed by atoms with Gasteiger partial charge in [0.2, 0.25) is 0 Å². The van der Waals surface area contributed by atoms with Crippen LogP contribution >= 0.6 is 0 Å². The van der Waals surface area contributed by atoms with E-state index >= 15 is 0 Å². The van der Waals surface area contributed by atoms with Crippen LogP contribution in [0.1, 0.15) is 52.5 Å². The van der Waals surface area contributed by atoms with E-state index in [0.717, 1.165) is 24.8 Å². The van der Waals surface area contributed by atoms with Gasteiger partial charge in [0.1, 0.15) is 0 Å². The van der Waals surface area contributed by atoms with Crippen molar-refractivity contribution < 1.29 is 0 Å². The minimum atomic E-state index is 0.329. The fourth-order valence-corrected chi connectivity index (χ4v) is 4.02. The van der Waals surface area contributed by atoms with Gasteiger partial charge in [-0.3, -0.25) is 4.68 Å². The van der Waals surface area contributed by atoms with Gasteiger partial charge in [0.25, 0.3) is 0 Å². The number of hydrogen-bond acceptors (Lipinski definition) is 2. The average Bonchev–Trinajstić information content (AvgIpc) is 2.74. The van der Waals surface area contributed by atoms with Gasteiger partial charge in [-0.1, -0.05) is 34.1 Å². The summed E-state index contributed by atoms with van der Waals surface area (Å²) >= 11 is 0. The van der Waals surface area contributed by atoms with Crippen LogP contribution in [0.3, 0.4) is 0 Å². The molecule has 1 aliphatic rings. The molecule has 20 heavy (non-hydrogen) atoms. The molecule has 0 radical (unpaired) electrons. The van der Waals surface area contributed by atoms with Crippen molar-refractivity contribution >= 4 is 0 Å². The van der Waals surface area contributed by atoms with Gasteiger partial charge < -0.3 is 5.32 Å². The lowest BCUT2D eigenvalue weighted by Crippen LogP contribution is -2.47. The van der Waals surface area contributed by atoms with Crippen molar-refractivity contribution in [2.24, 2.45) is 24.3 Å². The second kappa shape index (κ2) is 6.30. The molecule has 1 aromatic heterocycles. The highest BCUT2D eigenvalue weighted by Crippen LogP contribution is 2.42. The summed E-state index contributed by atoms with van der Waals surface area (Å²) < 4.78 is 1.91. The van der Waals surface area contributed by atoms with Gasteiger partial charge in [0.15, 0.2) is 0 Å².